The molecule has 0 saturated heterocycles. The minimum atomic E-state index is 0.903. The van der Waals surface area contributed by atoms with Crippen LogP contribution in [0.1, 0.15) is 12.5 Å². The number of rotatable bonds is 2. The molecular formula is C22H25N2O+. The Morgan fingerprint density at radius 2 is 1.52 bits per heavy atom. The molecule has 0 bridgehead atoms. The lowest BCUT2D eigenvalue weighted by atomic mass is 9.96. The van der Waals surface area contributed by atoms with E-state index >= 15 is 0 Å². The number of hydrogen-bond acceptors (Lipinski definition) is 2. The van der Waals surface area contributed by atoms with E-state index in [1.165, 1.54) is 11.4 Å². The zero-order chi connectivity index (χ0) is 18.0. The Balaban J connectivity index is 2.02. The second-order valence-electron chi connectivity index (χ2n) is 6.67. The number of nitrogens with zero attached hydrogens (tertiary/aromatic N) is 2. The normalized spacial score (nSPS) is 16.4. The van der Waals surface area contributed by atoms with Crippen LogP contribution in [0.3, 0.4) is 0 Å². The molecular weight excluding hydrogens is 308 g/mol. The van der Waals surface area contributed by atoms with Gasteiger partial charge in [0.25, 0.3) is 0 Å². The van der Waals surface area contributed by atoms with Crippen LogP contribution < -0.4 is 4.90 Å². The van der Waals surface area contributed by atoms with Gasteiger partial charge in [0.2, 0.25) is 0 Å². The highest BCUT2D eigenvalue weighted by Gasteiger charge is 2.18. The molecule has 2 aliphatic rings. The molecule has 1 aromatic rings. The van der Waals surface area contributed by atoms with Crippen molar-refractivity contribution in [3.8, 4) is 0 Å². The molecule has 1 aromatic carbocycles. The maximum absolute atomic E-state index is 6.10. The lowest BCUT2D eigenvalue weighted by molar-refractivity contribution is -0.462. The van der Waals surface area contributed by atoms with Crippen LogP contribution in [0.4, 0.5) is 5.69 Å². The van der Waals surface area contributed by atoms with Crippen molar-refractivity contribution >= 4 is 17.0 Å². The van der Waals surface area contributed by atoms with Gasteiger partial charge < -0.3 is 9.64 Å². The Labute approximate surface area is 150 Å². The van der Waals surface area contributed by atoms with Crippen LogP contribution >= 0.6 is 0 Å². The smallest absolute Gasteiger partial charge is 0.199 e. The summed E-state index contributed by atoms with van der Waals surface area (Å²) in [5.74, 6) is 1.81. The quantitative estimate of drug-likeness (QED) is 0.755. The fourth-order valence-corrected chi connectivity index (χ4v) is 2.82. The van der Waals surface area contributed by atoms with E-state index < -0.39 is 0 Å². The zero-order valence-electron chi connectivity index (χ0n) is 15.6. The third-order valence-electron chi connectivity index (χ3n) is 4.33. The summed E-state index contributed by atoms with van der Waals surface area (Å²) in [5, 5.41) is 0. The lowest BCUT2D eigenvalue weighted by Gasteiger charge is -2.21. The van der Waals surface area contributed by atoms with Gasteiger partial charge in [-0.2, -0.15) is 0 Å². The third kappa shape index (κ3) is 3.66. The van der Waals surface area contributed by atoms with Gasteiger partial charge in [-0.25, -0.2) is 4.58 Å². The van der Waals surface area contributed by atoms with Crippen molar-refractivity contribution in [2.75, 3.05) is 33.1 Å². The van der Waals surface area contributed by atoms with Crippen LogP contribution in [-0.4, -0.2) is 38.5 Å². The first-order valence-electron chi connectivity index (χ1n) is 8.45. The van der Waals surface area contributed by atoms with Crippen molar-refractivity contribution in [2.24, 2.45) is 0 Å². The standard InChI is InChI=1S/C22H25N2O/c1-16-6-15-21(17-7-11-19(12-8-17)23(2)3)22(25-16)18-9-13-20(14-10-18)24(4)5/h6-15H,1-5H3/q+1. The molecule has 0 aromatic heterocycles. The van der Waals surface area contributed by atoms with Crippen LogP contribution in [0.2, 0.25) is 0 Å². The van der Waals surface area contributed by atoms with Crippen LogP contribution in [0.5, 0.6) is 0 Å². The van der Waals surface area contributed by atoms with E-state index in [0.717, 1.165) is 28.2 Å². The van der Waals surface area contributed by atoms with Crippen molar-refractivity contribution in [3.63, 3.8) is 0 Å². The molecule has 0 radical (unpaired) electrons. The monoisotopic (exact) mass is 333 g/mol. The molecule has 3 rings (SSSR count). The van der Waals surface area contributed by atoms with E-state index in [-0.39, 0.29) is 0 Å². The average Bonchev–Trinajstić information content (AvgIpc) is 2.62. The molecule has 0 spiro atoms. The van der Waals surface area contributed by atoms with Crippen LogP contribution in [-0.2, 0) is 4.74 Å². The maximum atomic E-state index is 6.10. The van der Waals surface area contributed by atoms with Gasteiger partial charge in [-0.1, -0.05) is 12.1 Å². The molecule has 0 saturated carbocycles. The number of anilines is 1. The van der Waals surface area contributed by atoms with Crippen LogP contribution in [0.25, 0.3) is 5.57 Å². The van der Waals surface area contributed by atoms with Gasteiger partial charge in [0.05, 0.1) is 0 Å². The van der Waals surface area contributed by atoms with E-state index in [2.05, 4.69) is 64.1 Å². The summed E-state index contributed by atoms with van der Waals surface area (Å²) in [6.07, 6.45) is 12.6. The Morgan fingerprint density at radius 1 is 0.880 bits per heavy atom. The summed E-state index contributed by atoms with van der Waals surface area (Å²) in [6, 6.07) is 8.56. The molecule has 1 aliphatic carbocycles. The van der Waals surface area contributed by atoms with Gasteiger partial charge in [-0.05, 0) is 48.9 Å². The highest BCUT2D eigenvalue weighted by Crippen LogP contribution is 2.34. The molecule has 0 amide bonds. The highest BCUT2D eigenvalue weighted by molar-refractivity contribution is 6.02. The van der Waals surface area contributed by atoms with Crippen molar-refractivity contribution in [1.82, 2.24) is 0 Å². The van der Waals surface area contributed by atoms with Gasteiger partial charge in [0.1, 0.15) is 25.6 Å². The lowest BCUT2D eigenvalue weighted by Crippen LogP contribution is -2.11. The van der Waals surface area contributed by atoms with E-state index in [1.54, 1.807) is 0 Å². The van der Waals surface area contributed by atoms with Crippen molar-refractivity contribution in [2.45, 2.75) is 6.92 Å². The summed E-state index contributed by atoms with van der Waals surface area (Å²) < 4.78 is 8.20. The second kappa shape index (κ2) is 6.98. The van der Waals surface area contributed by atoms with E-state index in [0.29, 0.717) is 0 Å². The number of benzene rings is 1. The first kappa shape index (κ1) is 17.0. The van der Waals surface area contributed by atoms with Crippen LogP contribution in [0.15, 0.2) is 77.8 Å². The molecule has 1 aliphatic heterocycles. The average molecular weight is 333 g/mol. The Morgan fingerprint density at radius 3 is 2.08 bits per heavy atom. The first-order valence-corrected chi connectivity index (χ1v) is 8.45. The first-order chi connectivity index (χ1) is 12.0. The van der Waals surface area contributed by atoms with Gasteiger partial charge >= 0.3 is 0 Å². The fourth-order valence-electron chi connectivity index (χ4n) is 2.82. The third-order valence-corrected chi connectivity index (χ3v) is 4.33. The topological polar surface area (TPSA) is 15.5 Å². The van der Waals surface area contributed by atoms with E-state index in [1.807, 2.05) is 41.2 Å². The molecule has 0 fully saturated rings. The molecule has 3 heteroatoms. The molecule has 0 atom stereocenters. The van der Waals surface area contributed by atoms with E-state index in [4.69, 9.17) is 4.74 Å². The fraction of sp³-hybridized carbons (Fsp3) is 0.227. The summed E-state index contributed by atoms with van der Waals surface area (Å²) >= 11 is 0. The predicted octanol–water partition coefficient (Wildman–Crippen LogP) is 4.16. The second-order valence-corrected chi connectivity index (χ2v) is 6.67. The van der Waals surface area contributed by atoms with Gasteiger partial charge in [0.15, 0.2) is 5.71 Å². The summed E-state index contributed by atoms with van der Waals surface area (Å²) in [7, 11) is 8.19. The van der Waals surface area contributed by atoms with E-state index in [9.17, 15) is 0 Å². The minimum absolute atomic E-state index is 0.903. The molecule has 128 valence electrons. The van der Waals surface area contributed by atoms with Crippen molar-refractivity contribution < 1.29 is 9.31 Å². The summed E-state index contributed by atoms with van der Waals surface area (Å²) in [5.41, 5.74) is 5.70. The SMILES string of the molecule is CC1=CC=C(c2ccc(N(C)C)cc2)C(=C2C=CC(=[N+](C)C)C=C2)O1. The molecule has 1 heterocycles. The van der Waals surface area contributed by atoms with Crippen LogP contribution in [0, 0.1) is 0 Å². The molecule has 0 N–H and O–H groups in total. The van der Waals surface area contributed by atoms with Crippen molar-refractivity contribution in [1.29, 1.82) is 0 Å². The summed E-state index contributed by atoms with van der Waals surface area (Å²) in [6.45, 7) is 1.98. The largest absolute Gasteiger partial charge is 0.461 e. The molecule has 3 nitrogen and oxygen atoms in total. The predicted molar refractivity (Wildman–Crippen MR) is 106 cm³/mol. The van der Waals surface area contributed by atoms with Gasteiger partial charge in [0, 0.05) is 43.1 Å². The zero-order valence-corrected chi connectivity index (χ0v) is 15.6. The molecule has 25 heavy (non-hydrogen) atoms. The molecule has 0 unspecified atom stereocenters. The minimum Gasteiger partial charge on any atom is -0.461 e. The number of allylic oxidation sites excluding steroid dienone is 9. The summed E-state index contributed by atoms with van der Waals surface area (Å²) in [4.78, 5) is 2.10. The Hall–Kier alpha value is -2.81. The Bertz CT molecular complexity index is 838. The van der Waals surface area contributed by atoms with Crippen molar-refractivity contribution in [3.05, 3.63) is 83.4 Å². The van der Waals surface area contributed by atoms with Gasteiger partial charge in [-0.15, -0.1) is 0 Å². The maximum Gasteiger partial charge on any atom is 0.199 e. The van der Waals surface area contributed by atoms with Gasteiger partial charge in [-0.3, -0.25) is 0 Å². The highest BCUT2D eigenvalue weighted by atomic mass is 16.5. The number of hydrogen-bond donors (Lipinski definition) is 0. The Kier molecular flexibility index (Phi) is 4.75. The number of ether oxygens (including phenoxy) is 1.